The molecule has 1 saturated heterocycles. The van der Waals surface area contributed by atoms with Crippen molar-refractivity contribution in [3.05, 3.63) is 54.0 Å². The number of nitriles is 1. The van der Waals surface area contributed by atoms with E-state index in [2.05, 4.69) is 10.1 Å². The van der Waals surface area contributed by atoms with Crippen LogP contribution < -0.4 is 10.3 Å². The topological polar surface area (TPSA) is 198 Å². The Morgan fingerprint density at radius 2 is 1.73 bits per heavy atom. The van der Waals surface area contributed by atoms with Crippen molar-refractivity contribution in [2.45, 2.75) is 51.6 Å². The molecule has 16 heteroatoms. The van der Waals surface area contributed by atoms with E-state index in [4.69, 9.17) is 29.0 Å². The smallest absolute Gasteiger partial charge is 0.455 e. The molecule has 1 amide bonds. The van der Waals surface area contributed by atoms with E-state index in [9.17, 15) is 24.2 Å². The molecule has 15 nitrogen and oxygen atoms in total. The van der Waals surface area contributed by atoms with Crippen molar-refractivity contribution in [1.82, 2.24) is 19.5 Å². The highest BCUT2D eigenvalue weighted by molar-refractivity contribution is 7.33. The van der Waals surface area contributed by atoms with Crippen LogP contribution in [-0.4, -0.2) is 75.9 Å². The third-order valence-corrected chi connectivity index (χ3v) is 7.60. The van der Waals surface area contributed by atoms with E-state index in [1.54, 1.807) is 53.9 Å². The molecule has 2 N–H and O–H groups in total. The Morgan fingerprint density at radius 1 is 1.09 bits per heavy atom. The van der Waals surface area contributed by atoms with Crippen molar-refractivity contribution >= 4 is 37.4 Å². The Morgan fingerprint density at radius 3 is 2.33 bits per heavy atom. The highest BCUT2D eigenvalue weighted by atomic mass is 31.1. The summed E-state index contributed by atoms with van der Waals surface area (Å²) in [6.45, 7) is 5.72. The van der Waals surface area contributed by atoms with Gasteiger partial charge in [0.25, 0.3) is 5.91 Å². The van der Waals surface area contributed by atoms with Gasteiger partial charge in [-0.15, -0.1) is 4.52 Å². The SMILES string of the molecule is CC(C)C(=O)O[C@H]1[C@H](c2ccc3c(N)ncnn23)O[C@](C#N)(CO[P+](=O)Oc2ccc(C(=O)N(C)C)cc2)[C@H]1OC(=O)C(C)C. The minimum Gasteiger partial charge on any atom is -0.455 e. The molecule has 0 saturated carbocycles. The summed E-state index contributed by atoms with van der Waals surface area (Å²) in [4.78, 5) is 43.3. The number of hydrogen-bond donors (Lipinski definition) is 1. The van der Waals surface area contributed by atoms with Gasteiger partial charge in [-0.1, -0.05) is 27.7 Å². The second kappa shape index (κ2) is 13.6. The summed E-state index contributed by atoms with van der Waals surface area (Å²) in [5, 5.41) is 14.7. The van der Waals surface area contributed by atoms with Crippen LogP contribution in [0.3, 0.4) is 0 Å². The molecule has 0 aliphatic carbocycles. The number of carbonyl (C=O) groups is 3. The number of carbonyl (C=O) groups excluding carboxylic acids is 3. The summed E-state index contributed by atoms with van der Waals surface area (Å²) in [6.07, 6.45) is -2.86. The van der Waals surface area contributed by atoms with Gasteiger partial charge in [-0.2, -0.15) is 10.4 Å². The molecule has 3 heterocycles. The summed E-state index contributed by atoms with van der Waals surface area (Å²) < 4.78 is 43.0. The molecule has 0 spiro atoms. The maximum Gasteiger partial charge on any atom is 0.750 e. The molecule has 1 aliphatic rings. The molecular formula is C29H34N6O9P+. The number of ether oxygens (including phenoxy) is 3. The van der Waals surface area contributed by atoms with Crippen molar-refractivity contribution in [2.24, 2.45) is 11.8 Å². The molecule has 238 valence electrons. The van der Waals surface area contributed by atoms with Gasteiger partial charge in [0.05, 0.1) is 17.5 Å². The van der Waals surface area contributed by atoms with Crippen LogP contribution in [-0.2, 0) is 32.9 Å². The fourth-order valence-corrected chi connectivity index (χ4v) is 5.08. The number of nitrogens with zero attached hydrogens (tertiary/aromatic N) is 5. The van der Waals surface area contributed by atoms with Crippen LogP contribution in [0.5, 0.6) is 5.75 Å². The Balaban J connectivity index is 1.67. The standard InChI is InChI=1S/C29H34N6O9P/c1-16(2)27(37)41-23-22(20-11-12-21-25(31)32-15-33-35(20)21)43-29(13-30,24(23)42-28(38)17(3)4)14-40-45(39)44-19-9-7-18(8-10-19)26(36)34(5)6/h7-12,15-17,22-24H,14H2,1-6H3,(H2,31,32,33)/q+1/t22-,23-,24-,29+/m0/s1. The van der Waals surface area contributed by atoms with Gasteiger partial charge in [0.1, 0.15) is 24.0 Å². The van der Waals surface area contributed by atoms with Crippen molar-refractivity contribution in [3.8, 4) is 11.8 Å². The third-order valence-electron chi connectivity index (χ3n) is 6.90. The molecule has 0 radical (unpaired) electrons. The first-order chi connectivity index (χ1) is 21.3. The summed E-state index contributed by atoms with van der Waals surface area (Å²) >= 11 is 0. The molecule has 1 fully saturated rings. The number of benzene rings is 1. The lowest BCUT2D eigenvalue weighted by Crippen LogP contribution is -2.49. The first-order valence-electron chi connectivity index (χ1n) is 14.0. The molecule has 1 aliphatic heterocycles. The van der Waals surface area contributed by atoms with Crippen LogP contribution >= 0.6 is 8.25 Å². The number of aromatic nitrogens is 3. The normalized spacial score (nSPS) is 21.4. The molecule has 3 aromatic rings. The van der Waals surface area contributed by atoms with E-state index < -0.39 is 62.5 Å². The molecule has 5 atom stereocenters. The van der Waals surface area contributed by atoms with E-state index in [1.165, 1.54) is 40.0 Å². The van der Waals surface area contributed by atoms with Crippen LogP contribution in [0.2, 0.25) is 0 Å². The lowest BCUT2D eigenvalue weighted by molar-refractivity contribution is -0.173. The van der Waals surface area contributed by atoms with Gasteiger partial charge >= 0.3 is 20.2 Å². The minimum absolute atomic E-state index is 0.131. The van der Waals surface area contributed by atoms with Gasteiger partial charge < -0.3 is 24.8 Å². The Bertz CT molecular complexity index is 1640. The van der Waals surface area contributed by atoms with Crippen molar-refractivity contribution in [1.29, 1.82) is 5.26 Å². The van der Waals surface area contributed by atoms with Gasteiger partial charge in [0.2, 0.25) is 5.60 Å². The average molecular weight is 642 g/mol. The van der Waals surface area contributed by atoms with E-state index in [-0.39, 0.29) is 17.5 Å². The third kappa shape index (κ3) is 7.04. The summed E-state index contributed by atoms with van der Waals surface area (Å²) in [7, 11) is 0.323. The zero-order valence-corrected chi connectivity index (χ0v) is 26.5. The predicted molar refractivity (Wildman–Crippen MR) is 158 cm³/mol. The minimum atomic E-state index is -2.90. The van der Waals surface area contributed by atoms with Gasteiger partial charge in [0, 0.05) is 24.2 Å². The van der Waals surface area contributed by atoms with Gasteiger partial charge in [0.15, 0.2) is 30.4 Å². The average Bonchev–Trinajstić information content (AvgIpc) is 3.56. The molecule has 0 bridgehead atoms. The molecule has 45 heavy (non-hydrogen) atoms. The molecule has 4 rings (SSSR count). The predicted octanol–water partition coefficient (Wildman–Crippen LogP) is 3.24. The second-order valence-electron chi connectivity index (χ2n) is 11.1. The number of nitrogens with two attached hydrogens (primary N) is 1. The van der Waals surface area contributed by atoms with E-state index in [0.717, 1.165) is 0 Å². The fraction of sp³-hybridized carbons (Fsp3) is 0.448. The number of fused-ring (bicyclic) bond motifs is 1. The highest BCUT2D eigenvalue weighted by Crippen LogP contribution is 2.46. The van der Waals surface area contributed by atoms with Crippen molar-refractivity contribution < 1.29 is 42.2 Å². The number of anilines is 1. The largest absolute Gasteiger partial charge is 0.750 e. The molecule has 1 aromatic carbocycles. The van der Waals surface area contributed by atoms with E-state index >= 15 is 0 Å². The second-order valence-corrected chi connectivity index (χ2v) is 12.0. The zero-order chi connectivity index (χ0) is 33.1. The highest BCUT2D eigenvalue weighted by Gasteiger charge is 2.63. The van der Waals surface area contributed by atoms with Crippen LogP contribution in [0, 0.1) is 23.2 Å². The summed E-state index contributed by atoms with van der Waals surface area (Å²) in [6, 6.07) is 11.1. The van der Waals surface area contributed by atoms with Gasteiger partial charge in [-0.25, -0.2) is 14.0 Å². The van der Waals surface area contributed by atoms with Gasteiger partial charge in [-0.05, 0) is 36.4 Å². The Labute approximate surface area is 260 Å². The maximum atomic E-state index is 12.9. The Hall–Kier alpha value is -4.64. The van der Waals surface area contributed by atoms with Crippen molar-refractivity contribution in [3.63, 3.8) is 0 Å². The quantitative estimate of drug-likeness (QED) is 0.237. The van der Waals surface area contributed by atoms with Crippen molar-refractivity contribution in [2.75, 3.05) is 26.4 Å². The van der Waals surface area contributed by atoms with Crippen LogP contribution in [0.15, 0.2) is 42.7 Å². The molecular weight excluding hydrogens is 607 g/mol. The lowest BCUT2D eigenvalue weighted by atomic mass is 9.95. The number of hydrogen-bond acceptors (Lipinski definition) is 13. The Kier molecular flexibility index (Phi) is 10.0. The number of amides is 1. The first-order valence-corrected chi connectivity index (χ1v) is 15.1. The number of rotatable bonds is 11. The molecule has 2 aromatic heterocycles. The van der Waals surface area contributed by atoms with E-state index in [1.807, 2.05) is 6.07 Å². The number of esters is 2. The summed E-state index contributed by atoms with van der Waals surface area (Å²) in [5.74, 6) is -2.48. The first kappa shape index (κ1) is 33.3. The van der Waals surface area contributed by atoms with Crippen LogP contribution in [0.25, 0.3) is 5.52 Å². The van der Waals surface area contributed by atoms with E-state index in [0.29, 0.717) is 16.8 Å². The van der Waals surface area contributed by atoms with Crippen LogP contribution in [0.4, 0.5) is 5.82 Å². The zero-order valence-electron chi connectivity index (χ0n) is 25.6. The lowest BCUT2D eigenvalue weighted by Gasteiger charge is -2.28. The fourth-order valence-electron chi connectivity index (χ4n) is 4.44. The van der Waals surface area contributed by atoms with Crippen LogP contribution in [0.1, 0.15) is 49.9 Å². The summed E-state index contributed by atoms with van der Waals surface area (Å²) in [5.41, 5.74) is 5.01. The molecule has 1 unspecified atom stereocenters. The number of nitrogen functional groups attached to an aromatic ring is 1. The monoisotopic (exact) mass is 641 g/mol. The maximum absolute atomic E-state index is 12.9. The van der Waals surface area contributed by atoms with Gasteiger partial charge in [-0.3, -0.25) is 14.4 Å².